The maximum atomic E-state index is 11.0. The van der Waals surface area contributed by atoms with Crippen molar-refractivity contribution in [3.05, 3.63) is 23.7 Å². The molecule has 0 fully saturated rings. The zero-order valence-electron chi connectivity index (χ0n) is 9.03. The quantitative estimate of drug-likeness (QED) is 0.824. The third-order valence-corrected chi connectivity index (χ3v) is 2.44. The van der Waals surface area contributed by atoms with E-state index in [4.69, 9.17) is 5.11 Å². The second-order valence-corrected chi connectivity index (χ2v) is 3.65. The van der Waals surface area contributed by atoms with Crippen LogP contribution in [-0.2, 0) is 6.42 Å². The Labute approximate surface area is 92.5 Å². The molecule has 0 bridgehead atoms. The number of nitrogens with one attached hydrogen (secondary N) is 1. The van der Waals surface area contributed by atoms with Gasteiger partial charge in [0.1, 0.15) is 5.82 Å². The molecule has 0 unspecified atom stereocenters. The number of pyridine rings is 1. The molecule has 5 nitrogen and oxygen atoms in total. The first kappa shape index (κ1) is 10.6. The van der Waals surface area contributed by atoms with E-state index in [1.165, 1.54) is 12.3 Å². The van der Waals surface area contributed by atoms with Crippen LogP contribution in [-0.4, -0.2) is 26.0 Å². The van der Waals surface area contributed by atoms with Crippen molar-refractivity contribution < 1.29 is 9.90 Å². The van der Waals surface area contributed by atoms with Crippen molar-refractivity contribution in [1.82, 2.24) is 15.0 Å². The molecule has 0 aliphatic rings. The Hall–Kier alpha value is -1.91. The molecule has 84 valence electrons. The number of carboxylic acid groups (broad SMARTS) is 1. The summed E-state index contributed by atoms with van der Waals surface area (Å²) in [5.41, 5.74) is 1.22. The van der Waals surface area contributed by atoms with Gasteiger partial charge < -0.3 is 10.1 Å². The molecule has 0 radical (unpaired) electrons. The third-order valence-electron chi connectivity index (χ3n) is 2.44. The van der Waals surface area contributed by atoms with Crippen molar-refractivity contribution in [3.8, 4) is 0 Å². The summed E-state index contributed by atoms with van der Waals surface area (Å²) in [6.45, 7) is 2.10. The van der Waals surface area contributed by atoms with E-state index in [2.05, 4.69) is 21.9 Å². The fourth-order valence-corrected chi connectivity index (χ4v) is 1.60. The smallest absolute Gasteiger partial charge is 0.338 e. The number of H-pyrrole nitrogens is 1. The molecule has 0 amide bonds. The highest BCUT2D eigenvalue weighted by molar-refractivity contribution is 5.99. The van der Waals surface area contributed by atoms with E-state index in [9.17, 15) is 4.79 Å². The minimum absolute atomic E-state index is 0.222. The molecule has 2 aromatic heterocycles. The number of fused-ring (bicyclic) bond motifs is 1. The van der Waals surface area contributed by atoms with Gasteiger partial charge in [0, 0.05) is 12.6 Å². The molecule has 2 heterocycles. The van der Waals surface area contributed by atoms with E-state index >= 15 is 0 Å². The van der Waals surface area contributed by atoms with E-state index < -0.39 is 5.97 Å². The number of hydrogen-bond donors (Lipinski definition) is 2. The van der Waals surface area contributed by atoms with Gasteiger partial charge in [0.2, 0.25) is 0 Å². The molecule has 0 aliphatic heterocycles. The van der Waals surface area contributed by atoms with Gasteiger partial charge in [-0.3, -0.25) is 0 Å². The average Bonchev–Trinajstić information content (AvgIpc) is 2.68. The van der Waals surface area contributed by atoms with Crippen molar-refractivity contribution in [1.29, 1.82) is 0 Å². The van der Waals surface area contributed by atoms with E-state index in [0.717, 1.165) is 25.1 Å². The van der Waals surface area contributed by atoms with Gasteiger partial charge in [-0.05, 0) is 12.5 Å². The molecule has 0 aromatic carbocycles. The molecule has 2 aromatic rings. The van der Waals surface area contributed by atoms with Gasteiger partial charge >= 0.3 is 5.97 Å². The molecular weight excluding hydrogens is 206 g/mol. The number of aromatic carboxylic acids is 1. The standard InChI is InChI=1S/C11H13N3O2/c1-2-3-4-8-13-9-7(11(15)16)5-6-12-10(9)14-8/h5-6H,2-4H2,1H3,(H,15,16)(H,12,13,14). The predicted octanol–water partition coefficient (Wildman–Crippen LogP) is 2.00. The van der Waals surface area contributed by atoms with Crippen LogP contribution < -0.4 is 0 Å². The van der Waals surface area contributed by atoms with Crippen LogP contribution in [0.4, 0.5) is 0 Å². The molecule has 2 rings (SSSR count). The number of unbranched alkanes of at least 4 members (excludes halogenated alkanes) is 1. The van der Waals surface area contributed by atoms with Crippen LogP contribution in [0.1, 0.15) is 35.9 Å². The largest absolute Gasteiger partial charge is 0.478 e. The number of rotatable bonds is 4. The van der Waals surface area contributed by atoms with Gasteiger partial charge in [-0.25, -0.2) is 14.8 Å². The monoisotopic (exact) mass is 219 g/mol. The number of aromatic amines is 1. The first-order valence-electron chi connectivity index (χ1n) is 5.29. The fourth-order valence-electron chi connectivity index (χ4n) is 1.60. The van der Waals surface area contributed by atoms with Crippen LogP contribution >= 0.6 is 0 Å². The molecule has 0 aliphatic carbocycles. The van der Waals surface area contributed by atoms with Gasteiger partial charge in [-0.1, -0.05) is 13.3 Å². The molecule has 2 N–H and O–H groups in total. The maximum Gasteiger partial charge on any atom is 0.338 e. The highest BCUT2D eigenvalue weighted by Gasteiger charge is 2.12. The third kappa shape index (κ3) is 1.88. The molecule has 0 saturated heterocycles. The summed E-state index contributed by atoms with van der Waals surface area (Å²) in [5.74, 6) is -0.156. The molecule has 0 spiro atoms. The number of hydrogen-bond acceptors (Lipinski definition) is 3. The Balaban J connectivity index is 2.44. The van der Waals surface area contributed by atoms with Crippen molar-refractivity contribution in [3.63, 3.8) is 0 Å². The van der Waals surface area contributed by atoms with Crippen molar-refractivity contribution in [2.75, 3.05) is 0 Å². The summed E-state index contributed by atoms with van der Waals surface area (Å²) in [5, 5.41) is 8.99. The molecule has 5 heteroatoms. The molecule has 16 heavy (non-hydrogen) atoms. The lowest BCUT2D eigenvalue weighted by molar-refractivity contribution is 0.0699. The summed E-state index contributed by atoms with van der Waals surface area (Å²) in [7, 11) is 0. The minimum Gasteiger partial charge on any atom is -0.478 e. The topological polar surface area (TPSA) is 78.9 Å². The van der Waals surface area contributed by atoms with Crippen molar-refractivity contribution in [2.45, 2.75) is 26.2 Å². The van der Waals surface area contributed by atoms with Crippen LogP contribution in [0.15, 0.2) is 12.3 Å². The summed E-state index contributed by atoms with van der Waals surface area (Å²) >= 11 is 0. The number of nitrogens with zero attached hydrogens (tertiary/aromatic N) is 2. The normalized spacial score (nSPS) is 10.8. The predicted molar refractivity (Wildman–Crippen MR) is 59.5 cm³/mol. The Bertz CT molecular complexity index is 519. The lowest BCUT2D eigenvalue weighted by atomic mass is 10.2. The van der Waals surface area contributed by atoms with Gasteiger partial charge in [0.15, 0.2) is 5.65 Å². The first-order chi connectivity index (χ1) is 7.72. The van der Waals surface area contributed by atoms with Crippen LogP contribution in [0, 0.1) is 0 Å². The zero-order chi connectivity index (χ0) is 11.5. The lowest BCUT2D eigenvalue weighted by Gasteiger charge is -1.94. The minimum atomic E-state index is -0.960. The summed E-state index contributed by atoms with van der Waals surface area (Å²) in [6.07, 6.45) is 4.40. The van der Waals surface area contributed by atoms with Crippen LogP contribution in [0.25, 0.3) is 11.2 Å². The van der Waals surface area contributed by atoms with Gasteiger partial charge in [0.05, 0.1) is 11.1 Å². The fraction of sp³-hybridized carbons (Fsp3) is 0.364. The number of aryl methyl sites for hydroxylation is 1. The lowest BCUT2D eigenvalue weighted by Crippen LogP contribution is -1.97. The molecule has 0 atom stereocenters. The Morgan fingerprint density at radius 1 is 1.56 bits per heavy atom. The Morgan fingerprint density at radius 2 is 2.38 bits per heavy atom. The van der Waals surface area contributed by atoms with Crippen molar-refractivity contribution >= 4 is 17.1 Å². The highest BCUT2D eigenvalue weighted by atomic mass is 16.4. The summed E-state index contributed by atoms with van der Waals surface area (Å²) < 4.78 is 0. The van der Waals surface area contributed by atoms with Crippen LogP contribution in [0.2, 0.25) is 0 Å². The van der Waals surface area contributed by atoms with E-state index in [-0.39, 0.29) is 5.56 Å². The highest BCUT2D eigenvalue weighted by Crippen LogP contribution is 2.15. The second-order valence-electron chi connectivity index (χ2n) is 3.65. The van der Waals surface area contributed by atoms with E-state index in [0.29, 0.717) is 11.2 Å². The zero-order valence-corrected chi connectivity index (χ0v) is 9.03. The maximum absolute atomic E-state index is 11.0. The molecular formula is C11H13N3O2. The van der Waals surface area contributed by atoms with Crippen LogP contribution in [0.5, 0.6) is 0 Å². The Kier molecular flexibility index (Phi) is 2.85. The van der Waals surface area contributed by atoms with E-state index in [1.807, 2.05) is 0 Å². The average molecular weight is 219 g/mol. The number of carboxylic acids is 1. The number of carbonyl (C=O) groups is 1. The van der Waals surface area contributed by atoms with Gasteiger partial charge in [0.25, 0.3) is 0 Å². The van der Waals surface area contributed by atoms with Crippen molar-refractivity contribution in [2.24, 2.45) is 0 Å². The van der Waals surface area contributed by atoms with Gasteiger partial charge in [-0.2, -0.15) is 0 Å². The summed E-state index contributed by atoms with van der Waals surface area (Å²) in [4.78, 5) is 22.3. The SMILES string of the molecule is CCCCc1nc2nccc(C(=O)O)c2[nH]1. The van der Waals surface area contributed by atoms with Gasteiger partial charge in [-0.15, -0.1) is 0 Å². The Morgan fingerprint density at radius 3 is 3.06 bits per heavy atom. The summed E-state index contributed by atoms with van der Waals surface area (Å²) in [6, 6.07) is 1.48. The first-order valence-corrected chi connectivity index (χ1v) is 5.29. The van der Waals surface area contributed by atoms with Crippen LogP contribution in [0.3, 0.4) is 0 Å². The van der Waals surface area contributed by atoms with E-state index in [1.54, 1.807) is 0 Å². The number of aromatic nitrogens is 3. The second kappa shape index (κ2) is 4.30. The molecule has 0 saturated carbocycles. The number of imidazole rings is 1.